The summed E-state index contributed by atoms with van der Waals surface area (Å²) in [4.78, 5) is 14.2. The van der Waals surface area contributed by atoms with Crippen molar-refractivity contribution in [3.8, 4) is 17.0 Å². The number of rotatable bonds is 5. The number of benzene rings is 2. The average Bonchev–Trinajstić information content (AvgIpc) is 3.37. The highest BCUT2D eigenvalue weighted by Gasteiger charge is 2.28. The maximum Gasteiger partial charge on any atom is 0.260 e. The second-order valence-corrected chi connectivity index (χ2v) is 6.33. The van der Waals surface area contributed by atoms with Crippen molar-refractivity contribution in [2.75, 3.05) is 19.7 Å². The van der Waals surface area contributed by atoms with Crippen LogP contribution < -0.4 is 4.74 Å². The zero-order chi connectivity index (χ0) is 17.8. The summed E-state index contributed by atoms with van der Waals surface area (Å²) in [7, 11) is 0. The van der Waals surface area contributed by atoms with Crippen LogP contribution in [0.3, 0.4) is 0 Å². The Bertz CT molecular complexity index is 864. The van der Waals surface area contributed by atoms with Crippen LogP contribution in [-0.4, -0.2) is 45.5 Å². The molecular weight excluding hydrogens is 328 g/mol. The fourth-order valence-corrected chi connectivity index (χ4v) is 3.13. The van der Waals surface area contributed by atoms with Crippen LogP contribution in [0.2, 0.25) is 0 Å². The van der Waals surface area contributed by atoms with Crippen LogP contribution in [0.4, 0.5) is 0 Å². The number of hydrogen-bond donors (Lipinski definition) is 0. The van der Waals surface area contributed by atoms with Gasteiger partial charge in [-0.05, 0) is 18.6 Å². The molecule has 1 amide bonds. The summed E-state index contributed by atoms with van der Waals surface area (Å²) in [5, 5.41) is 8.52. The summed E-state index contributed by atoms with van der Waals surface area (Å²) in [6.45, 7) is 1.40. The van der Waals surface area contributed by atoms with Gasteiger partial charge in [-0.1, -0.05) is 53.7 Å². The largest absolute Gasteiger partial charge is 0.484 e. The number of carbonyl (C=O) groups excluding carboxylic acids is 1. The molecule has 0 N–H and O–H groups in total. The molecule has 3 aromatic rings. The van der Waals surface area contributed by atoms with Gasteiger partial charge in [0, 0.05) is 18.7 Å². The van der Waals surface area contributed by atoms with Crippen molar-refractivity contribution in [1.29, 1.82) is 0 Å². The van der Waals surface area contributed by atoms with Gasteiger partial charge in [-0.25, -0.2) is 4.68 Å². The molecule has 2 aromatic carbocycles. The minimum Gasteiger partial charge on any atom is -0.484 e. The Hall–Kier alpha value is -3.15. The molecule has 6 nitrogen and oxygen atoms in total. The molecule has 1 atom stereocenters. The van der Waals surface area contributed by atoms with Gasteiger partial charge in [0.1, 0.15) is 11.4 Å². The van der Waals surface area contributed by atoms with Gasteiger partial charge in [0.25, 0.3) is 5.91 Å². The first-order chi connectivity index (χ1) is 12.8. The summed E-state index contributed by atoms with van der Waals surface area (Å²) in [6, 6.07) is 19.5. The third-order valence-corrected chi connectivity index (χ3v) is 4.58. The van der Waals surface area contributed by atoms with Gasteiger partial charge in [0.2, 0.25) is 0 Å². The normalized spacial score (nSPS) is 16.6. The first-order valence-corrected chi connectivity index (χ1v) is 8.72. The molecule has 6 heteroatoms. The van der Waals surface area contributed by atoms with Crippen molar-refractivity contribution in [3.63, 3.8) is 0 Å². The lowest BCUT2D eigenvalue weighted by Crippen LogP contribution is -2.33. The van der Waals surface area contributed by atoms with E-state index in [1.54, 1.807) is 0 Å². The Balaban J connectivity index is 1.35. The fourth-order valence-electron chi connectivity index (χ4n) is 3.13. The summed E-state index contributed by atoms with van der Waals surface area (Å²) in [5.41, 5.74) is 1.89. The van der Waals surface area contributed by atoms with Crippen LogP contribution in [-0.2, 0) is 4.79 Å². The lowest BCUT2D eigenvalue weighted by molar-refractivity contribution is -0.132. The third kappa shape index (κ3) is 3.59. The monoisotopic (exact) mass is 348 g/mol. The predicted octanol–water partition coefficient (Wildman–Crippen LogP) is 2.80. The van der Waals surface area contributed by atoms with Gasteiger partial charge in [0.05, 0.1) is 12.2 Å². The van der Waals surface area contributed by atoms with E-state index in [-0.39, 0.29) is 18.6 Å². The smallest absolute Gasteiger partial charge is 0.260 e. The van der Waals surface area contributed by atoms with Crippen LogP contribution in [0, 0.1) is 0 Å². The fraction of sp³-hybridized carbons (Fsp3) is 0.250. The number of amides is 1. The van der Waals surface area contributed by atoms with Gasteiger partial charge < -0.3 is 9.64 Å². The highest BCUT2D eigenvalue weighted by molar-refractivity contribution is 5.78. The van der Waals surface area contributed by atoms with Crippen LogP contribution in [0.1, 0.15) is 12.5 Å². The maximum atomic E-state index is 12.4. The van der Waals surface area contributed by atoms with Crippen molar-refractivity contribution in [2.24, 2.45) is 0 Å². The SMILES string of the molecule is O=C(COc1ccccc1)N1CC[C@@H](n2cc(-c3ccccc3)nn2)C1. The molecule has 4 rings (SSSR count). The second kappa shape index (κ2) is 7.39. The Kier molecular flexibility index (Phi) is 4.64. The van der Waals surface area contributed by atoms with E-state index in [2.05, 4.69) is 10.3 Å². The lowest BCUT2D eigenvalue weighted by Gasteiger charge is -2.16. The highest BCUT2D eigenvalue weighted by atomic mass is 16.5. The van der Waals surface area contributed by atoms with Crippen molar-refractivity contribution in [1.82, 2.24) is 19.9 Å². The van der Waals surface area contributed by atoms with E-state index >= 15 is 0 Å². The maximum absolute atomic E-state index is 12.4. The molecule has 0 aliphatic carbocycles. The van der Waals surface area contributed by atoms with Gasteiger partial charge in [0.15, 0.2) is 6.61 Å². The van der Waals surface area contributed by atoms with Crippen LogP contribution in [0.25, 0.3) is 11.3 Å². The molecule has 2 heterocycles. The zero-order valence-corrected chi connectivity index (χ0v) is 14.4. The highest BCUT2D eigenvalue weighted by Crippen LogP contribution is 2.23. The summed E-state index contributed by atoms with van der Waals surface area (Å²) >= 11 is 0. The Morgan fingerprint density at radius 2 is 1.81 bits per heavy atom. The van der Waals surface area contributed by atoms with E-state index < -0.39 is 0 Å². The van der Waals surface area contributed by atoms with E-state index in [1.807, 2.05) is 76.4 Å². The van der Waals surface area contributed by atoms with E-state index in [1.165, 1.54) is 0 Å². The Morgan fingerprint density at radius 1 is 1.08 bits per heavy atom. The Morgan fingerprint density at radius 3 is 2.58 bits per heavy atom. The molecule has 0 spiro atoms. The summed E-state index contributed by atoms with van der Waals surface area (Å²) in [6.07, 6.45) is 2.82. The standard InChI is InChI=1S/C20H20N4O2/c25-20(15-26-18-9-5-2-6-10-18)23-12-11-17(13-23)24-14-19(21-22-24)16-7-3-1-4-8-16/h1-10,14,17H,11-13,15H2/t17-/m1/s1. The number of carbonyl (C=O) groups is 1. The quantitative estimate of drug-likeness (QED) is 0.711. The number of aromatic nitrogens is 3. The van der Waals surface area contributed by atoms with Gasteiger partial charge >= 0.3 is 0 Å². The number of likely N-dealkylation sites (tertiary alicyclic amines) is 1. The van der Waals surface area contributed by atoms with Gasteiger partial charge in [-0.3, -0.25) is 4.79 Å². The molecule has 0 radical (unpaired) electrons. The molecule has 0 unspecified atom stereocenters. The van der Waals surface area contributed by atoms with Crippen molar-refractivity contribution in [2.45, 2.75) is 12.5 Å². The number of nitrogens with zero attached hydrogens (tertiary/aromatic N) is 4. The third-order valence-electron chi connectivity index (χ3n) is 4.58. The molecule has 132 valence electrons. The molecule has 1 saturated heterocycles. The van der Waals surface area contributed by atoms with E-state index in [9.17, 15) is 4.79 Å². The number of hydrogen-bond acceptors (Lipinski definition) is 4. The Labute approximate surface area is 152 Å². The molecule has 26 heavy (non-hydrogen) atoms. The molecule has 0 bridgehead atoms. The number of para-hydroxylation sites is 1. The van der Waals surface area contributed by atoms with Crippen LogP contribution in [0.5, 0.6) is 5.75 Å². The zero-order valence-electron chi connectivity index (χ0n) is 14.4. The molecule has 0 saturated carbocycles. The molecule has 1 aliphatic rings. The lowest BCUT2D eigenvalue weighted by atomic mass is 10.2. The van der Waals surface area contributed by atoms with E-state index in [0.717, 1.165) is 17.7 Å². The minimum absolute atomic E-state index is 0.000230. The van der Waals surface area contributed by atoms with Crippen molar-refractivity contribution < 1.29 is 9.53 Å². The first kappa shape index (κ1) is 16.3. The molecule has 1 aliphatic heterocycles. The summed E-state index contributed by atoms with van der Waals surface area (Å²) < 4.78 is 7.43. The van der Waals surface area contributed by atoms with Gasteiger partial charge in [-0.2, -0.15) is 0 Å². The van der Waals surface area contributed by atoms with E-state index in [0.29, 0.717) is 18.8 Å². The van der Waals surface area contributed by atoms with Crippen LogP contribution >= 0.6 is 0 Å². The molecule has 1 fully saturated rings. The topological polar surface area (TPSA) is 60.2 Å². The van der Waals surface area contributed by atoms with Crippen molar-refractivity contribution >= 4 is 5.91 Å². The first-order valence-electron chi connectivity index (χ1n) is 8.72. The molecule has 1 aromatic heterocycles. The van der Waals surface area contributed by atoms with Gasteiger partial charge in [-0.15, -0.1) is 5.10 Å². The van der Waals surface area contributed by atoms with Crippen molar-refractivity contribution in [3.05, 3.63) is 66.9 Å². The summed E-state index contributed by atoms with van der Waals surface area (Å²) in [5.74, 6) is 0.708. The number of ether oxygens (including phenoxy) is 1. The molecular formula is C20H20N4O2. The second-order valence-electron chi connectivity index (χ2n) is 6.33. The van der Waals surface area contributed by atoms with Crippen LogP contribution in [0.15, 0.2) is 66.9 Å². The predicted molar refractivity (Wildman–Crippen MR) is 97.6 cm³/mol. The minimum atomic E-state index is -0.000230. The average molecular weight is 348 g/mol. The van der Waals surface area contributed by atoms with E-state index in [4.69, 9.17) is 4.74 Å².